The van der Waals surface area contributed by atoms with E-state index in [0.717, 1.165) is 42.9 Å². The van der Waals surface area contributed by atoms with Crippen LogP contribution < -0.4 is 0 Å². The van der Waals surface area contributed by atoms with E-state index in [1.807, 2.05) is 29.2 Å². The van der Waals surface area contributed by atoms with Crippen molar-refractivity contribution in [3.8, 4) is 0 Å². The van der Waals surface area contributed by atoms with Crippen molar-refractivity contribution >= 4 is 17.5 Å². The van der Waals surface area contributed by atoms with E-state index in [1.165, 1.54) is 0 Å². The van der Waals surface area contributed by atoms with Gasteiger partial charge < -0.3 is 4.90 Å². The lowest BCUT2D eigenvalue weighted by molar-refractivity contribution is -0.132. The van der Waals surface area contributed by atoms with Gasteiger partial charge in [0.2, 0.25) is 5.91 Å². The van der Waals surface area contributed by atoms with Gasteiger partial charge >= 0.3 is 0 Å². The first-order chi connectivity index (χ1) is 10.7. The van der Waals surface area contributed by atoms with Gasteiger partial charge in [-0.25, -0.2) is 0 Å². The summed E-state index contributed by atoms with van der Waals surface area (Å²) in [6.45, 7) is 1.56. The van der Waals surface area contributed by atoms with Gasteiger partial charge in [0.05, 0.1) is 18.4 Å². The number of rotatable bonds is 4. The van der Waals surface area contributed by atoms with Gasteiger partial charge in [0.1, 0.15) is 0 Å². The van der Waals surface area contributed by atoms with Crippen LogP contribution in [0.2, 0.25) is 5.02 Å². The molecule has 1 aliphatic rings. The molecule has 0 N–H and O–H groups in total. The predicted molar refractivity (Wildman–Crippen MR) is 84.6 cm³/mol. The highest BCUT2D eigenvalue weighted by atomic mass is 35.5. The van der Waals surface area contributed by atoms with Crippen LogP contribution >= 0.6 is 11.6 Å². The number of hydrogen-bond acceptors (Lipinski definition) is 3. The smallest absolute Gasteiger partial charge is 0.222 e. The average Bonchev–Trinajstić information content (AvgIpc) is 3.07. The molecule has 0 aliphatic carbocycles. The molecule has 1 aliphatic heterocycles. The van der Waals surface area contributed by atoms with Crippen molar-refractivity contribution in [1.82, 2.24) is 19.9 Å². The average molecular weight is 319 g/mol. The van der Waals surface area contributed by atoms with Crippen molar-refractivity contribution in [1.29, 1.82) is 0 Å². The van der Waals surface area contributed by atoms with Crippen molar-refractivity contribution in [3.05, 3.63) is 47.2 Å². The van der Waals surface area contributed by atoms with Crippen LogP contribution in [0, 0.1) is 0 Å². The Bertz CT molecular complexity index is 621. The molecule has 0 spiro atoms. The van der Waals surface area contributed by atoms with Crippen molar-refractivity contribution in [2.45, 2.75) is 31.7 Å². The van der Waals surface area contributed by atoms with Crippen molar-refractivity contribution in [2.24, 2.45) is 0 Å². The van der Waals surface area contributed by atoms with Crippen molar-refractivity contribution in [3.63, 3.8) is 0 Å². The first-order valence-corrected chi connectivity index (χ1v) is 7.98. The van der Waals surface area contributed by atoms with Gasteiger partial charge in [0, 0.05) is 24.5 Å². The number of carbonyl (C=O) groups excluding carboxylic acids is 1. The lowest BCUT2D eigenvalue weighted by Gasteiger charge is -2.31. The zero-order chi connectivity index (χ0) is 15.4. The minimum absolute atomic E-state index is 0.215. The minimum Gasteiger partial charge on any atom is -0.343 e. The zero-order valence-electron chi connectivity index (χ0n) is 12.4. The molecule has 116 valence electrons. The molecule has 0 bridgehead atoms. The summed E-state index contributed by atoms with van der Waals surface area (Å²) in [5.74, 6) is 0.215. The predicted octanol–water partition coefficient (Wildman–Crippen LogP) is 2.73. The number of likely N-dealkylation sites (tertiary alicyclic amines) is 1. The number of piperidine rings is 1. The highest BCUT2D eigenvalue weighted by Gasteiger charge is 2.24. The molecule has 0 saturated carbocycles. The normalized spacial score (nSPS) is 16.0. The fourth-order valence-electron chi connectivity index (χ4n) is 2.86. The van der Waals surface area contributed by atoms with E-state index in [1.54, 1.807) is 17.2 Å². The van der Waals surface area contributed by atoms with Crippen LogP contribution in [0.1, 0.15) is 30.9 Å². The third kappa shape index (κ3) is 3.65. The summed E-state index contributed by atoms with van der Waals surface area (Å²) < 4.78 is 0. The van der Waals surface area contributed by atoms with Crippen LogP contribution in [-0.4, -0.2) is 38.9 Å². The zero-order valence-corrected chi connectivity index (χ0v) is 13.1. The second-order valence-electron chi connectivity index (χ2n) is 5.59. The molecule has 3 rings (SSSR count). The molecule has 2 aromatic rings. The number of halogens is 1. The van der Waals surface area contributed by atoms with Crippen LogP contribution in [0.25, 0.3) is 0 Å². The Kier molecular flexibility index (Phi) is 4.73. The summed E-state index contributed by atoms with van der Waals surface area (Å²) >= 11 is 5.96. The summed E-state index contributed by atoms with van der Waals surface area (Å²) in [4.78, 5) is 16.0. The molecule has 1 saturated heterocycles. The van der Waals surface area contributed by atoms with E-state index >= 15 is 0 Å². The van der Waals surface area contributed by atoms with E-state index < -0.39 is 0 Å². The Hall–Kier alpha value is -1.88. The Morgan fingerprint density at radius 2 is 1.95 bits per heavy atom. The van der Waals surface area contributed by atoms with E-state index in [2.05, 4.69) is 10.2 Å². The van der Waals surface area contributed by atoms with E-state index in [0.29, 0.717) is 12.5 Å². The lowest BCUT2D eigenvalue weighted by atomic mass is 10.0. The highest BCUT2D eigenvalue weighted by Crippen LogP contribution is 2.21. The molecule has 2 heterocycles. The third-order valence-electron chi connectivity index (χ3n) is 4.10. The second-order valence-corrected chi connectivity index (χ2v) is 6.03. The molecule has 5 nitrogen and oxygen atoms in total. The van der Waals surface area contributed by atoms with Crippen molar-refractivity contribution in [2.75, 3.05) is 13.1 Å². The topological polar surface area (TPSA) is 51.0 Å². The summed E-state index contributed by atoms with van der Waals surface area (Å²) in [6, 6.07) is 8.01. The lowest BCUT2D eigenvalue weighted by Crippen LogP contribution is -2.39. The Labute approximate surface area is 134 Å². The molecule has 0 radical (unpaired) electrons. The number of aryl methyl sites for hydroxylation is 1. The van der Waals surface area contributed by atoms with Gasteiger partial charge in [-0.3, -0.25) is 4.79 Å². The summed E-state index contributed by atoms with van der Waals surface area (Å²) in [5, 5.41) is 9.09. The largest absolute Gasteiger partial charge is 0.343 e. The SMILES string of the molecule is O=C(CCc1cccc(Cl)c1)N1CCC(n2nccn2)CC1. The van der Waals surface area contributed by atoms with Crippen LogP contribution in [0.4, 0.5) is 0 Å². The standard InChI is InChI=1S/C16H19ClN4O/c17-14-3-1-2-13(12-14)4-5-16(22)20-10-6-15(7-11-20)21-18-8-9-19-21/h1-3,8-9,12,15H,4-7,10-11H2. The first kappa shape index (κ1) is 15.0. The van der Waals surface area contributed by atoms with Crippen molar-refractivity contribution < 1.29 is 4.79 Å². The second kappa shape index (κ2) is 6.92. The van der Waals surface area contributed by atoms with E-state index in [-0.39, 0.29) is 5.91 Å². The fraction of sp³-hybridized carbons (Fsp3) is 0.438. The highest BCUT2D eigenvalue weighted by molar-refractivity contribution is 6.30. The maximum Gasteiger partial charge on any atom is 0.222 e. The number of carbonyl (C=O) groups is 1. The van der Waals surface area contributed by atoms with E-state index in [4.69, 9.17) is 11.6 Å². The van der Waals surface area contributed by atoms with Gasteiger partial charge in [0.25, 0.3) is 0 Å². The molecule has 1 fully saturated rings. The maximum absolute atomic E-state index is 12.3. The molecule has 0 unspecified atom stereocenters. The molecule has 1 amide bonds. The quantitative estimate of drug-likeness (QED) is 0.871. The van der Waals surface area contributed by atoms with E-state index in [9.17, 15) is 4.79 Å². The molecular formula is C16H19ClN4O. The summed E-state index contributed by atoms with van der Waals surface area (Å²) in [7, 11) is 0. The molecule has 0 atom stereocenters. The Balaban J connectivity index is 1.48. The minimum atomic E-state index is 0.215. The van der Waals surface area contributed by atoms with Gasteiger partial charge in [-0.05, 0) is 37.0 Å². The van der Waals surface area contributed by atoms with Gasteiger partial charge in [-0.15, -0.1) is 0 Å². The Morgan fingerprint density at radius 1 is 1.23 bits per heavy atom. The Morgan fingerprint density at radius 3 is 2.64 bits per heavy atom. The summed E-state index contributed by atoms with van der Waals surface area (Å²) in [6.07, 6.45) is 6.49. The van der Waals surface area contributed by atoms with Gasteiger partial charge in [-0.2, -0.15) is 15.0 Å². The number of nitrogens with zero attached hydrogens (tertiary/aromatic N) is 4. The van der Waals surface area contributed by atoms with Crippen LogP contribution in [-0.2, 0) is 11.2 Å². The van der Waals surface area contributed by atoms with Crippen LogP contribution in [0.15, 0.2) is 36.7 Å². The molecule has 1 aromatic heterocycles. The summed E-state index contributed by atoms with van der Waals surface area (Å²) in [5.41, 5.74) is 1.11. The third-order valence-corrected chi connectivity index (χ3v) is 4.33. The number of hydrogen-bond donors (Lipinski definition) is 0. The first-order valence-electron chi connectivity index (χ1n) is 7.60. The van der Waals surface area contributed by atoms with Gasteiger partial charge in [0.15, 0.2) is 0 Å². The van der Waals surface area contributed by atoms with Crippen LogP contribution in [0.5, 0.6) is 0 Å². The molecule has 1 aromatic carbocycles. The number of aromatic nitrogens is 3. The molecule has 22 heavy (non-hydrogen) atoms. The fourth-order valence-corrected chi connectivity index (χ4v) is 3.08. The maximum atomic E-state index is 12.3. The monoisotopic (exact) mass is 318 g/mol. The number of amides is 1. The van der Waals surface area contributed by atoms with Crippen LogP contribution in [0.3, 0.4) is 0 Å². The van der Waals surface area contributed by atoms with Gasteiger partial charge in [-0.1, -0.05) is 23.7 Å². The molecular weight excluding hydrogens is 300 g/mol. The number of benzene rings is 1. The molecule has 6 heteroatoms.